The predicted octanol–water partition coefficient (Wildman–Crippen LogP) is 3.46. The fraction of sp³-hybridized carbons (Fsp3) is 0.542. The van der Waals surface area contributed by atoms with Gasteiger partial charge in [0.25, 0.3) is 0 Å². The smallest absolute Gasteiger partial charge is 0.396 e. The van der Waals surface area contributed by atoms with E-state index >= 15 is 0 Å². The fourth-order valence-electron chi connectivity index (χ4n) is 5.33. The molecule has 0 bridgehead atoms. The molecule has 1 aromatic carbocycles. The first kappa shape index (κ1) is 24.1. The van der Waals surface area contributed by atoms with Crippen molar-refractivity contribution in [3.63, 3.8) is 0 Å². The molecule has 1 amide bonds. The van der Waals surface area contributed by atoms with E-state index in [2.05, 4.69) is 5.16 Å². The summed E-state index contributed by atoms with van der Waals surface area (Å²) in [5.74, 6) is 0.483. The minimum Gasteiger partial charge on any atom is -0.396 e. The van der Waals surface area contributed by atoms with E-state index in [0.29, 0.717) is 56.2 Å². The molecule has 3 heterocycles. The van der Waals surface area contributed by atoms with Crippen molar-refractivity contribution in [3.05, 3.63) is 46.3 Å². The third kappa shape index (κ3) is 4.37. The first-order valence-corrected chi connectivity index (χ1v) is 11.2. The molecular formula is C24H27F3N4O3. The number of rotatable bonds is 4. The molecule has 2 aromatic rings. The number of aliphatic hydroxyl groups excluding tert-OH is 1. The Morgan fingerprint density at radius 1 is 1.32 bits per heavy atom. The van der Waals surface area contributed by atoms with Gasteiger partial charge in [-0.25, -0.2) is 0 Å². The standard InChI is InChI=1S/C24H27F3N4O3/c1-15-20(16(2)34-29-15)10-22(33)31-12-18(13-32)23(14-31)5-7-30(8-6-23)19-4-3-17(11-28)21(9-19)24(25,26)27/h3-4,9,18,32H,5-8,10,12-14H2,1-2H3. The van der Waals surface area contributed by atoms with E-state index in [1.165, 1.54) is 6.07 Å². The van der Waals surface area contributed by atoms with Gasteiger partial charge in [0.05, 0.1) is 29.3 Å². The number of amides is 1. The number of anilines is 1. The number of piperidine rings is 1. The molecule has 34 heavy (non-hydrogen) atoms. The second-order valence-corrected chi connectivity index (χ2v) is 9.32. The minimum absolute atomic E-state index is 0.0472. The molecule has 0 aliphatic carbocycles. The predicted molar refractivity (Wildman–Crippen MR) is 117 cm³/mol. The quantitative estimate of drug-likeness (QED) is 0.727. The van der Waals surface area contributed by atoms with Gasteiger partial charge in [0, 0.05) is 50.0 Å². The van der Waals surface area contributed by atoms with Crippen LogP contribution in [-0.2, 0) is 17.4 Å². The number of likely N-dealkylation sites (tertiary alicyclic amines) is 1. The average molecular weight is 476 g/mol. The lowest BCUT2D eigenvalue weighted by Crippen LogP contribution is -2.45. The average Bonchev–Trinajstić information content (AvgIpc) is 3.33. The highest BCUT2D eigenvalue weighted by Crippen LogP contribution is 2.46. The Balaban J connectivity index is 1.47. The summed E-state index contributed by atoms with van der Waals surface area (Å²) in [6.07, 6.45) is -3.12. The van der Waals surface area contributed by atoms with Gasteiger partial charge in [0.15, 0.2) is 0 Å². The number of aromatic nitrogens is 1. The van der Waals surface area contributed by atoms with Crippen molar-refractivity contribution in [2.45, 2.75) is 39.3 Å². The number of aryl methyl sites for hydroxylation is 2. The van der Waals surface area contributed by atoms with Gasteiger partial charge < -0.3 is 19.4 Å². The van der Waals surface area contributed by atoms with E-state index in [9.17, 15) is 23.1 Å². The van der Waals surface area contributed by atoms with Crippen LogP contribution >= 0.6 is 0 Å². The highest BCUT2D eigenvalue weighted by Gasteiger charge is 2.49. The van der Waals surface area contributed by atoms with Crippen molar-refractivity contribution >= 4 is 11.6 Å². The van der Waals surface area contributed by atoms with Crippen molar-refractivity contribution in [1.82, 2.24) is 10.1 Å². The van der Waals surface area contributed by atoms with E-state index in [1.54, 1.807) is 30.9 Å². The molecule has 4 rings (SSSR count). The van der Waals surface area contributed by atoms with E-state index in [0.717, 1.165) is 11.6 Å². The Bertz CT molecular complexity index is 1090. The molecule has 7 nitrogen and oxygen atoms in total. The molecule has 1 aromatic heterocycles. The number of carbonyl (C=O) groups excluding carboxylic acids is 1. The van der Waals surface area contributed by atoms with Crippen molar-refractivity contribution in [1.29, 1.82) is 5.26 Å². The van der Waals surface area contributed by atoms with Crippen LogP contribution in [0.25, 0.3) is 0 Å². The van der Waals surface area contributed by atoms with Crippen molar-refractivity contribution in [3.8, 4) is 6.07 Å². The maximum absolute atomic E-state index is 13.4. The summed E-state index contributed by atoms with van der Waals surface area (Å²) >= 11 is 0. The summed E-state index contributed by atoms with van der Waals surface area (Å²) in [5.41, 5.74) is 0.284. The lowest BCUT2D eigenvalue weighted by molar-refractivity contribution is -0.137. The zero-order chi connectivity index (χ0) is 24.7. The lowest BCUT2D eigenvalue weighted by atomic mass is 9.71. The number of halogens is 3. The highest BCUT2D eigenvalue weighted by molar-refractivity contribution is 5.79. The van der Waals surface area contributed by atoms with Crippen LogP contribution in [0.5, 0.6) is 0 Å². The molecule has 1 spiro atoms. The summed E-state index contributed by atoms with van der Waals surface area (Å²) in [4.78, 5) is 16.7. The van der Waals surface area contributed by atoms with Gasteiger partial charge in [0.2, 0.25) is 5.91 Å². The van der Waals surface area contributed by atoms with Crippen LogP contribution in [-0.4, -0.2) is 53.9 Å². The molecule has 182 valence electrons. The number of nitrogens with zero attached hydrogens (tertiary/aromatic N) is 4. The second-order valence-electron chi connectivity index (χ2n) is 9.32. The molecule has 10 heteroatoms. The van der Waals surface area contributed by atoms with Gasteiger partial charge in [-0.15, -0.1) is 0 Å². The molecule has 2 saturated heterocycles. The molecule has 1 unspecified atom stereocenters. The highest BCUT2D eigenvalue weighted by atomic mass is 19.4. The van der Waals surface area contributed by atoms with Gasteiger partial charge in [-0.05, 0) is 50.3 Å². The Hall–Kier alpha value is -3.06. The summed E-state index contributed by atoms with van der Waals surface area (Å²) in [5, 5.41) is 23.0. The van der Waals surface area contributed by atoms with E-state index < -0.39 is 17.3 Å². The normalized spacial score (nSPS) is 20.1. The summed E-state index contributed by atoms with van der Waals surface area (Å²) in [6.45, 7) is 5.49. The first-order chi connectivity index (χ1) is 16.1. The van der Waals surface area contributed by atoms with Crippen LogP contribution in [0.4, 0.5) is 18.9 Å². The van der Waals surface area contributed by atoms with Crippen LogP contribution < -0.4 is 4.90 Å². The van der Waals surface area contributed by atoms with Crippen molar-refractivity contribution < 1.29 is 27.6 Å². The van der Waals surface area contributed by atoms with Crippen molar-refractivity contribution in [2.75, 3.05) is 37.7 Å². The monoisotopic (exact) mass is 476 g/mol. The van der Waals surface area contributed by atoms with Crippen LogP contribution in [0.15, 0.2) is 22.7 Å². The number of alkyl halides is 3. The zero-order valence-corrected chi connectivity index (χ0v) is 19.2. The third-order valence-electron chi connectivity index (χ3n) is 7.45. The van der Waals surface area contributed by atoms with Crippen LogP contribution in [0.1, 0.15) is 41.0 Å². The molecule has 2 fully saturated rings. The SMILES string of the molecule is Cc1noc(C)c1CC(=O)N1CC(CO)C2(CCN(c3ccc(C#N)c(C(F)(F)F)c3)CC2)C1. The molecule has 0 saturated carbocycles. The van der Waals surface area contributed by atoms with E-state index in [1.807, 2.05) is 4.90 Å². The van der Waals surface area contributed by atoms with Gasteiger partial charge in [-0.2, -0.15) is 18.4 Å². The minimum atomic E-state index is -4.60. The van der Waals surface area contributed by atoms with Gasteiger partial charge in [0.1, 0.15) is 5.76 Å². The number of aliphatic hydroxyl groups is 1. The Labute approximate surface area is 195 Å². The zero-order valence-electron chi connectivity index (χ0n) is 19.2. The van der Waals surface area contributed by atoms with Gasteiger partial charge >= 0.3 is 6.18 Å². The van der Waals surface area contributed by atoms with Crippen LogP contribution in [0.3, 0.4) is 0 Å². The Kier molecular flexibility index (Phi) is 6.34. The number of hydrogen-bond acceptors (Lipinski definition) is 6. The second kappa shape index (κ2) is 8.95. The van der Waals surface area contributed by atoms with Gasteiger partial charge in [-0.1, -0.05) is 5.16 Å². The van der Waals surface area contributed by atoms with Crippen LogP contribution in [0.2, 0.25) is 0 Å². The molecule has 2 aliphatic heterocycles. The number of benzene rings is 1. The molecule has 1 atom stereocenters. The summed E-state index contributed by atoms with van der Waals surface area (Å²) < 4.78 is 45.3. The number of carbonyl (C=O) groups is 1. The van der Waals surface area contributed by atoms with E-state index in [-0.39, 0.29) is 30.3 Å². The number of nitriles is 1. The maximum atomic E-state index is 13.4. The largest absolute Gasteiger partial charge is 0.417 e. The molecule has 0 radical (unpaired) electrons. The third-order valence-corrected chi connectivity index (χ3v) is 7.45. The topological polar surface area (TPSA) is 93.6 Å². The van der Waals surface area contributed by atoms with Crippen molar-refractivity contribution in [2.24, 2.45) is 11.3 Å². The van der Waals surface area contributed by atoms with E-state index in [4.69, 9.17) is 9.78 Å². The summed E-state index contributed by atoms with van der Waals surface area (Å²) in [7, 11) is 0. The molecule has 2 aliphatic rings. The molecule has 1 N–H and O–H groups in total. The Morgan fingerprint density at radius 3 is 2.59 bits per heavy atom. The Morgan fingerprint density at radius 2 is 2.03 bits per heavy atom. The maximum Gasteiger partial charge on any atom is 0.417 e. The van der Waals surface area contributed by atoms with Crippen LogP contribution in [0, 0.1) is 36.5 Å². The first-order valence-electron chi connectivity index (χ1n) is 11.2. The fourth-order valence-corrected chi connectivity index (χ4v) is 5.33. The number of hydrogen-bond donors (Lipinski definition) is 1. The lowest BCUT2D eigenvalue weighted by Gasteiger charge is -2.43. The summed E-state index contributed by atoms with van der Waals surface area (Å²) in [6, 6.07) is 5.40. The molecular weight excluding hydrogens is 449 g/mol. The van der Waals surface area contributed by atoms with Gasteiger partial charge in [-0.3, -0.25) is 4.79 Å².